The molecular formula is C10H18BNOS. The highest BCUT2D eigenvalue weighted by Crippen LogP contribution is 2.47. The van der Waals surface area contributed by atoms with Gasteiger partial charge in [-0.05, 0) is 24.0 Å². The topological polar surface area (TPSA) is 12.5 Å². The molecule has 0 amide bonds. The minimum Gasteiger partial charge on any atom is -0.466 e. The van der Waals surface area contributed by atoms with Crippen molar-refractivity contribution in [3.8, 4) is 0 Å². The average molecular weight is 211 g/mol. The highest BCUT2D eigenvalue weighted by atomic mass is 32.1. The largest absolute Gasteiger partial charge is 0.466 e. The molecule has 2 nitrogen and oxygen atoms in total. The van der Waals surface area contributed by atoms with E-state index in [1.165, 1.54) is 26.5 Å². The second-order valence-corrected chi connectivity index (χ2v) is 5.23. The maximum Gasteiger partial charge on any atom is 0.259 e. The van der Waals surface area contributed by atoms with Crippen LogP contribution in [0.4, 0.5) is 0 Å². The summed E-state index contributed by atoms with van der Waals surface area (Å²) >= 11 is 5.21. The first kappa shape index (κ1) is 10.3. The Balaban J connectivity index is 2.23. The fraction of sp³-hybridized carbons (Fsp3) is 0.900. The second-order valence-electron chi connectivity index (χ2n) is 4.88. The first-order chi connectivity index (χ1) is 6.58. The summed E-state index contributed by atoms with van der Waals surface area (Å²) in [4.78, 5) is 2.15. The minimum absolute atomic E-state index is 0.331. The van der Waals surface area contributed by atoms with Gasteiger partial charge in [-0.15, -0.1) is 0 Å². The van der Waals surface area contributed by atoms with Crippen LogP contribution in [0.25, 0.3) is 0 Å². The summed E-state index contributed by atoms with van der Waals surface area (Å²) in [5.41, 5.74) is 0. The molecule has 2 rings (SSSR count). The second kappa shape index (κ2) is 3.40. The number of hydrogen-bond acceptors (Lipinski definition) is 2. The van der Waals surface area contributed by atoms with Crippen molar-refractivity contribution in [1.82, 2.24) is 4.90 Å². The lowest BCUT2D eigenvalue weighted by Gasteiger charge is -2.41. The van der Waals surface area contributed by atoms with Gasteiger partial charge in [0.2, 0.25) is 0 Å². The predicted octanol–water partition coefficient (Wildman–Crippen LogP) is 1.82. The van der Waals surface area contributed by atoms with Crippen molar-refractivity contribution in [2.75, 3.05) is 7.05 Å². The van der Waals surface area contributed by atoms with Gasteiger partial charge in [-0.2, -0.15) is 0 Å². The Morgan fingerprint density at radius 3 is 3.00 bits per heavy atom. The molecule has 3 unspecified atom stereocenters. The number of thiocarbonyl (C=S) groups is 1. The molecule has 4 heteroatoms. The molecule has 1 saturated heterocycles. The molecule has 14 heavy (non-hydrogen) atoms. The van der Waals surface area contributed by atoms with Crippen molar-refractivity contribution >= 4 is 24.7 Å². The zero-order valence-electron chi connectivity index (χ0n) is 9.25. The van der Waals surface area contributed by atoms with Gasteiger partial charge in [0.25, 0.3) is 5.17 Å². The van der Waals surface area contributed by atoms with E-state index in [-0.39, 0.29) is 0 Å². The Morgan fingerprint density at radius 2 is 2.36 bits per heavy atom. The molecule has 0 radical (unpaired) electrons. The zero-order chi connectivity index (χ0) is 10.3. The summed E-state index contributed by atoms with van der Waals surface area (Å²) < 4.78 is 5.84. The van der Waals surface area contributed by atoms with E-state index in [2.05, 4.69) is 25.7 Å². The van der Waals surface area contributed by atoms with E-state index in [0.29, 0.717) is 22.6 Å². The molecule has 78 valence electrons. The van der Waals surface area contributed by atoms with E-state index in [1.807, 2.05) is 0 Å². The maximum atomic E-state index is 5.84. The van der Waals surface area contributed by atoms with E-state index in [1.54, 1.807) is 0 Å². The number of ether oxygens (including phenoxy) is 1. The fourth-order valence-corrected chi connectivity index (χ4v) is 3.03. The summed E-state index contributed by atoms with van der Waals surface area (Å²) in [5, 5.41) is 1.03. The van der Waals surface area contributed by atoms with Gasteiger partial charge in [0.15, 0.2) is 0 Å². The summed E-state index contributed by atoms with van der Waals surface area (Å²) in [6, 6.07) is 0.529. The Kier molecular flexibility index (Phi) is 2.50. The van der Waals surface area contributed by atoms with Crippen LogP contribution < -0.4 is 0 Å². The molecule has 1 aliphatic carbocycles. The quantitative estimate of drug-likeness (QED) is 0.485. The fourth-order valence-electron chi connectivity index (χ4n) is 2.80. The Labute approximate surface area is 92.2 Å². The molecule has 1 aliphatic heterocycles. The molecule has 0 aromatic rings. The summed E-state index contributed by atoms with van der Waals surface area (Å²) in [5.74, 6) is 0. The Bertz CT molecular complexity index is 261. The van der Waals surface area contributed by atoms with Gasteiger partial charge in [-0.1, -0.05) is 26.6 Å². The number of likely N-dealkylation sites (N-methyl/N-ethyl adjacent to an activating group) is 1. The van der Waals surface area contributed by atoms with Crippen LogP contribution in [0.5, 0.6) is 0 Å². The number of rotatable bonds is 1. The first-order valence-electron chi connectivity index (χ1n) is 5.52. The van der Waals surface area contributed by atoms with E-state index in [0.717, 1.165) is 0 Å². The highest BCUT2D eigenvalue weighted by Gasteiger charge is 2.49. The molecule has 1 heterocycles. The van der Waals surface area contributed by atoms with Crippen LogP contribution in [0.3, 0.4) is 0 Å². The predicted molar refractivity (Wildman–Crippen MR) is 64.3 cm³/mol. The van der Waals surface area contributed by atoms with Gasteiger partial charge in [0.05, 0.1) is 6.04 Å². The summed E-state index contributed by atoms with van der Waals surface area (Å²) in [7, 11) is 3.25. The molecule has 1 saturated carbocycles. The van der Waals surface area contributed by atoms with Crippen molar-refractivity contribution in [1.29, 1.82) is 0 Å². The lowest BCUT2D eigenvalue weighted by atomic mass is 9.47. The van der Waals surface area contributed by atoms with Gasteiger partial charge in [0.1, 0.15) is 13.4 Å². The lowest BCUT2D eigenvalue weighted by molar-refractivity contribution is 0.104. The molecule has 0 aromatic heterocycles. The SMILES string of the molecule is CBC1(C)CCCC2C1OC(=S)N2C. The summed E-state index contributed by atoms with van der Waals surface area (Å²) in [6.07, 6.45) is 4.15. The molecule has 0 bridgehead atoms. The first-order valence-corrected chi connectivity index (χ1v) is 5.93. The van der Waals surface area contributed by atoms with Crippen LogP contribution in [0, 0.1) is 0 Å². The van der Waals surface area contributed by atoms with Gasteiger partial charge in [-0.3, -0.25) is 0 Å². The van der Waals surface area contributed by atoms with Crippen molar-refractivity contribution in [2.24, 2.45) is 0 Å². The van der Waals surface area contributed by atoms with Crippen LogP contribution in [0.15, 0.2) is 0 Å². The van der Waals surface area contributed by atoms with Gasteiger partial charge in [-0.25, -0.2) is 0 Å². The average Bonchev–Trinajstić information content (AvgIpc) is 2.47. The minimum atomic E-state index is 0.331. The third-order valence-electron chi connectivity index (χ3n) is 4.11. The third-order valence-corrected chi connectivity index (χ3v) is 4.49. The smallest absolute Gasteiger partial charge is 0.259 e. The molecule has 0 aromatic carbocycles. The van der Waals surface area contributed by atoms with Gasteiger partial charge < -0.3 is 9.64 Å². The summed E-state index contributed by atoms with van der Waals surface area (Å²) in [6.45, 7) is 4.60. The van der Waals surface area contributed by atoms with E-state index < -0.39 is 0 Å². The number of nitrogens with zero attached hydrogens (tertiary/aromatic N) is 1. The standard InChI is InChI=1S/C10H18BNOS/c1-10(11-2)6-4-5-7-8(10)13-9(14)12(7)3/h7-8,11H,4-6H2,1-3H3. The number of hydrogen-bond donors (Lipinski definition) is 0. The van der Waals surface area contributed by atoms with Crippen LogP contribution in [0.1, 0.15) is 26.2 Å². The molecule has 2 aliphatic rings. The molecule has 0 N–H and O–H groups in total. The maximum absolute atomic E-state index is 5.84. The van der Waals surface area contributed by atoms with Gasteiger partial charge in [0, 0.05) is 7.05 Å². The van der Waals surface area contributed by atoms with Crippen LogP contribution in [0.2, 0.25) is 12.1 Å². The monoisotopic (exact) mass is 211 g/mol. The van der Waals surface area contributed by atoms with Crippen LogP contribution >= 0.6 is 12.2 Å². The molecular weight excluding hydrogens is 193 g/mol. The number of fused-ring (bicyclic) bond motifs is 1. The van der Waals surface area contributed by atoms with E-state index >= 15 is 0 Å². The normalized spacial score (nSPS) is 41.9. The van der Waals surface area contributed by atoms with Crippen molar-refractivity contribution in [3.05, 3.63) is 0 Å². The zero-order valence-corrected chi connectivity index (χ0v) is 10.1. The molecule has 2 fully saturated rings. The Morgan fingerprint density at radius 1 is 1.64 bits per heavy atom. The molecule has 0 spiro atoms. The molecule has 3 atom stereocenters. The van der Waals surface area contributed by atoms with Crippen LogP contribution in [-0.4, -0.2) is 36.5 Å². The van der Waals surface area contributed by atoms with Crippen LogP contribution in [-0.2, 0) is 4.74 Å². The van der Waals surface area contributed by atoms with Crippen molar-refractivity contribution < 1.29 is 4.74 Å². The van der Waals surface area contributed by atoms with E-state index in [9.17, 15) is 0 Å². The third kappa shape index (κ3) is 1.35. The highest BCUT2D eigenvalue weighted by molar-refractivity contribution is 7.80. The van der Waals surface area contributed by atoms with E-state index in [4.69, 9.17) is 17.0 Å². The van der Waals surface area contributed by atoms with Gasteiger partial charge >= 0.3 is 0 Å². The lowest BCUT2D eigenvalue weighted by Crippen LogP contribution is -2.44. The van der Waals surface area contributed by atoms with Crippen molar-refractivity contribution in [2.45, 2.75) is 50.5 Å². The van der Waals surface area contributed by atoms with Crippen molar-refractivity contribution in [3.63, 3.8) is 0 Å². The Hall–Kier alpha value is -0.245.